The molecule has 0 spiro atoms. The zero-order valence-electron chi connectivity index (χ0n) is 14.6. The number of nitrogens with one attached hydrogen (secondary N) is 2. The number of benzene rings is 2. The lowest BCUT2D eigenvalue weighted by atomic mass is 10.2. The van der Waals surface area contributed by atoms with Crippen LogP contribution in [-0.2, 0) is 0 Å². The highest BCUT2D eigenvalue weighted by atomic mass is 16.6. The fraction of sp³-hybridized carbons (Fsp3) is 0.235. The highest BCUT2D eigenvalue weighted by Crippen LogP contribution is 2.29. The van der Waals surface area contributed by atoms with Gasteiger partial charge in [-0.25, -0.2) is 0 Å². The van der Waals surface area contributed by atoms with Gasteiger partial charge < -0.3 is 25.8 Å². The highest BCUT2D eigenvalue weighted by molar-refractivity contribution is 5.92. The maximum absolute atomic E-state index is 11.0. The number of nitrogens with zero attached hydrogens (tertiary/aromatic N) is 2. The van der Waals surface area contributed by atoms with Crippen molar-refractivity contribution in [3.8, 4) is 11.5 Å². The molecule has 0 heterocycles. The lowest BCUT2D eigenvalue weighted by Gasteiger charge is -2.11. The van der Waals surface area contributed by atoms with Crippen LogP contribution in [0.25, 0.3) is 0 Å². The minimum atomic E-state index is -0.432. The van der Waals surface area contributed by atoms with E-state index in [4.69, 9.17) is 15.2 Å². The first-order chi connectivity index (χ1) is 12.5. The normalized spacial score (nSPS) is 10.9. The van der Waals surface area contributed by atoms with E-state index in [1.165, 1.54) is 6.07 Å². The van der Waals surface area contributed by atoms with Gasteiger partial charge in [0.25, 0.3) is 5.69 Å². The van der Waals surface area contributed by atoms with Gasteiger partial charge in [-0.15, -0.1) is 0 Å². The molecule has 2 rings (SSSR count). The van der Waals surface area contributed by atoms with Crippen LogP contribution in [0, 0.1) is 10.1 Å². The third kappa shape index (κ3) is 5.00. The van der Waals surface area contributed by atoms with Gasteiger partial charge in [0.2, 0.25) is 0 Å². The maximum Gasteiger partial charge on any atom is 0.292 e. The van der Waals surface area contributed by atoms with Crippen LogP contribution >= 0.6 is 0 Å². The molecule has 0 aliphatic rings. The van der Waals surface area contributed by atoms with Crippen molar-refractivity contribution < 1.29 is 14.4 Å². The Kier molecular flexibility index (Phi) is 6.60. The summed E-state index contributed by atoms with van der Waals surface area (Å²) in [5.41, 5.74) is 7.03. The van der Waals surface area contributed by atoms with E-state index in [2.05, 4.69) is 15.6 Å². The van der Waals surface area contributed by atoms with E-state index in [1.54, 1.807) is 50.6 Å². The Hall–Kier alpha value is -3.49. The van der Waals surface area contributed by atoms with Crippen molar-refractivity contribution in [3.05, 3.63) is 52.6 Å². The van der Waals surface area contributed by atoms with E-state index >= 15 is 0 Å². The van der Waals surface area contributed by atoms with Crippen molar-refractivity contribution in [2.75, 3.05) is 37.9 Å². The number of para-hydroxylation sites is 2. The van der Waals surface area contributed by atoms with E-state index in [9.17, 15) is 10.1 Å². The molecule has 0 bridgehead atoms. The Balaban J connectivity index is 1.90. The number of nitro groups is 1. The molecule has 9 heteroatoms. The average molecular weight is 359 g/mol. The Bertz CT molecular complexity index is 794. The molecule has 2 aromatic rings. The molecule has 0 aromatic heterocycles. The second kappa shape index (κ2) is 9.11. The Morgan fingerprint density at radius 1 is 1.19 bits per heavy atom. The van der Waals surface area contributed by atoms with Crippen LogP contribution in [0.4, 0.5) is 17.1 Å². The fourth-order valence-corrected chi connectivity index (χ4v) is 2.25. The highest BCUT2D eigenvalue weighted by Gasteiger charge is 2.11. The van der Waals surface area contributed by atoms with Gasteiger partial charge in [0.15, 0.2) is 17.5 Å². The number of rotatable bonds is 8. The van der Waals surface area contributed by atoms with Crippen LogP contribution in [-0.4, -0.2) is 38.2 Å². The zero-order chi connectivity index (χ0) is 18.9. The number of anilines is 2. The largest absolute Gasteiger partial charge is 0.493 e. The molecule has 4 N–H and O–H groups in total. The molecule has 0 aliphatic carbocycles. The number of hydrogen-bond donors (Lipinski definition) is 3. The maximum atomic E-state index is 11.0. The molecule has 0 aliphatic heterocycles. The van der Waals surface area contributed by atoms with Gasteiger partial charge in [-0.05, 0) is 18.2 Å². The summed E-state index contributed by atoms with van der Waals surface area (Å²) in [7, 11) is 3.11. The number of ether oxygens (including phenoxy) is 2. The zero-order valence-corrected chi connectivity index (χ0v) is 14.6. The van der Waals surface area contributed by atoms with Crippen LogP contribution in [0.2, 0.25) is 0 Å². The van der Waals surface area contributed by atoms with Crippen molar-refractivity contribution >= 4 is 23.0 Å². The molecule has 0 unspecified atom stereocenters. The van der Waals surface area contributed by atoms with Gasteiger partial charge in [0, 0.05) is 24.4 Å². The van der Waals surface area contributed by atoms with Crippen LogP contribution in [0.1, 0.15) is 0 Å². The van der Waals surface area contributed by atoms with E-state index in [-0.39, 0.29) is 11.6 Å². The molecule has 2 aromatic carbocycles. The second-order valence-corrected chi connectivity index (χ2v) is 5.16. The average Bonchev–Trinajstić information content (AvgIpc) is 2.65. The summed E-state index contributed by atoms with van der Waals surface area (Å²) in [4.78, 5) is 14.7. The molecule has 0 radical (unpaired) electrons. The topological polar surface area (TPSA) is 124 Å². The lowest BCUT2D eigenvalue weighted by Crippen LogP contribution is -2.23. The van der Waals surface area contributed by atoms with Crippen molar-refractivity contribution in [3.63, 3.8) is 0 Å². The van der Waals surface area contributed by atoms with Gasteiger partial charge in [-0.1, -0.05) is 12.1 Å². The first-order valence-corrected chi connectivity index (χ1v) is 7.81. The molecule has 0 saturated heterocycles. The summed E-state index contributed by atoms with van der Waals surface area (Å²) in [6.07, 6.45) is 0. The molecule has 26 heavy (non-hydrogen) atoms. The quantitative estimate of drug-likeness (QED) is 0.217. The van der Waals surface area contributed by atoms with E-state index in [0.29, 0.717) is 36.0 Å². The first-order valence-electron chi connectivity index (χ1n) is 7.81. The molecular weight excluding hydrogens is 338 g/mol. The molecule has 138 valence electrons. The number of guanidine groups is 1. The number of hydrogen-bond acceptors (Lipinski definition) is 6. The van der Waals surface area contributed by atoms with Crippen molar-refractivity contribution in [1.29, 1.82) is 0 Å². The number of nitro benzene ring substituents is 1. The van der Waals surface area contributed by atoms with Gasteiger partial charge in [-0.3, -0.25) is 15.1 Å². The van der Waals surface area contributed by atoms with Crippen molar-refractivity contribution in [2.45, 2.75) is 0 Å². The number of methoxy groups -OCH3 is 2. The standard InChI is InChI=1S/C17H21N5O4/c1-25-15-8-7-12(11-16(15)26-2)21-17(18)20-10-9-19-13-5-3-4-6-14(13)22(23)24/h3-8,11,19H,9-10H2,1-2H3,(H3,18,20,21). The summed E-state index contributed by atoms with van der Waals surface area (Å²) in [5.74, 6) is 1.41. The summed E-state index contributed by atoms with van der Waals surface area (Å²) >= 11 is 0. The van der Waals surface area contributed by atoms with E-state index in [1.807, 2.05) is 0 Å². The third-order valence-corrected chi connectivity index (χ3v) is 3.47. The SMILES string of the molecule is COc1ccc(NC(N)=NCCNc2ccccc2[N+](=O)[O-])cc1OC. The first kappa shape index (κ1) is 18.8. The molecule has 9 nitrogen and oxygen atoms in total. The van der Waals surface area contributed by atoms with E-state index in [0.717, 1.165) is 0 Å². The Morgan fingerprint density at radius 3 is 2.62 bits per heavy atom. The molecule has 0 atom stereocenters. The minimum absolute atomic E-state index is 0.0212. The van der Waals surface area contributed by atoms with Crippen molar-refractivity contribution in [2.24, 2.45) is 10.7 Å². The van der Waals surface area contributed by atoms with E-state index < -0.39 is 4.92 Å². The lowest BCUT2D eigenvalue weighted by molar-refractivity contribution is -0.384. The summed E-state index contributed by atoms with van der Waals surface area (Å²) in [6, 6.07) is 11.7. The predicted molar refractivity (Wildman–Crippen MR) is 101 cm³/mol. The van der Waals surface area contributed by atoms with Crippen molar-refractivity contribution in [1.82, 2.24) is 0 Å². The second-order valence-electron chi connectivity index (χ2n) is 5.16. The number of aliphatic imine (C=N–C) groups is 1. The fourth-order valence-electron chi connectivity index (χ4n) is 2.25. The third-order valence-electron chi connectivity index (χ3n) is 3.47. The smallest absolute Gasteiger partial charge is 0.292 e. The van der Waals surface area contributed by atoms with Gasteiger partial charge in [-0.2, -0.15) is 0 Å². The van der Waals surface area contributed by atoms with Crippen LogP contribution in [0.3, 0.4) is 0 Å². The number of nitrogens with two attached hydrogens (primary N) is 1. The summed E-state index contributed by atoms with van der Waals surface area (Å²) < 4.78 is 10.4. The van der Waals surface area contributed by atoms with Crippen LogP contribution < -0.4 is 25.8 Å². The Morgan fingerprint density at radius 2 is 1.92 bits per heavy atom. The minimum Gasteiger partial charge on any atom is -0.493 e. The van der Waals surface area contributed by atoms with Crippen LogP contribution in [0.15, 0.2) is 47.5 Å². The molecule has 0 saturated carbocycles. The predicted octanol–water partition coefficient (Wildman–Crippen LogP) is 2.45. The molecular formula is C17H21N5O4. The summed E-state index contributed by atoms with van der Waals surface area (Å²) in [5, 5.41) is 16.9. The molecule has 0 fully saturated rings. The summed E-state index contributed by atoms with van der Waals surface area (Å²) in [6.45, 7) is 0.747. The van der Waals surface area contributed by atoms with Gasteiger partial charge in [0.1, 0.15) is 5.69 Å². The van der Waals surface area contributed by atoms with Gasteiger partial charge >= 0.3 is 0 Å². The molecule has 0 amide bonds. The Labute approximate surface area is 151 Å². The monoisotopic (exact) mass is 359 g/mol. The van der Waals surface area contributed by atoms with Gasteiger partial charge in [0.05, 0.1) is 25.7 Å². The van der Waals surface area contributed by atoms with Crippen LogP contribution in [0.5, 0.6) is 11.5 Å².